The van der Waals surface area contributed by atoms with Gasteiger partial charge in [0, 0.05) is 16.9 Å². The number of para-hydroxylation sites is 1. The summed E-state index contributed by atoms with van der Waals surface area (Å²) in [6.07, 6.45) is 0. The number of hydrogen-bond acceptors (Lipinski definition) is 3. The predicted octanol–water partition coefficient (Wildman–Crippen LogP) is 3.39. The van der Waals surface area contributed by atoms with Crippen LogP contribution in [0.15, 0.2) is 48.5 Å². The molecule has 0 aromatic heterocycles. The molecular formula is C18H20N2O2. The number of hydrogen-bond donors (Lipinski definition) is 2. The Morgan fingerprint density at radius 2 is 1.59 bits per heavy atom. The third-order valence-electron chi connectivity index (χ3n) is 3.75. The predicted molar refractivity (Wildman–Crippen MR) is 89.0 cm³/mol. The number of carbonyl (C=O) groups is 2. The van der Waals surface area contributed by atoms with Crippen molar-refractivity contribution in [2.45, 2.75) is 26.2 Å². The number of nitrogens with one attached hydrogen (secondary N) is 1. The molecule has 3 N–H and O–H groups in total. The standard InChI is InChI=1S/C18H20N2O2/c1-12(21)13-8-10-14(11-9-13)20-17(22)18(2,3)15-6-4-5-7-16(15)19/h4-11H,19H2,1-3H3,(H,20,22). The SMILES string of the molecule is CC(=O)c1ccc(NC(=O)C(C)(C)c2ccccc2N)cc1. The maximum atomic E-state index is 12.6. The van der Waals surface area contributed by atoms with Crippen molar-refractivity contribution in [3.63, 3.8) is 0 Å². The molecule has 0 atom stereocenters. The maximum absolute atomic E-state index is 12.6. The molecule has 0 fully saturated rings. The highest BCUT2D eigenvalue weighted by molar-refractivity contribution is 6.00. The first-order valence-corrected chi connectivity index (χ1v) is 7.10. The summed E-state index contributed by atoms with van der Waals surface area (Å²) in [5.41, 5.74) is 7.86. The van der Waals surface area contributed by atoms with Gasteiger partial charge in [-0.1, -0.05) is 18.2 Å². The fourth-order valence-electron chi connectivity index (χ4n) is 2.26. The third-order valence-corrected chi connectivity index (χ3v) is 3.75. The van der Waals surface area contributed by atoms with Crippen LogP contribution in [0.3, 0.4) is 0 Å². The van der Waals surface area contributed by atoms with Gasteiger partial charge in [0.25, 0.3) is 0 Å². The van der Waals surface area contributed by atoms with Crippen molar-refractivity contribution < 1.29 is 9.59 Å². The van der Waals surface area contributed by atoms with Crippen molar-refractivity contribution >= 4 is 23.1 Å². The topological polar surface area (TPSA) is 72.2 Å². The average molecular weight is 296 g/mol. The molecule has 1 amide bonds. The normalized spacial score (nSPS) is 11.0. The number of nitrogen functional groups attached to an aromatic ring is 1. The van der Waals surface area contributed by atoms with Crippen molar-refractivity contribution in [1.82, 2.24) is 0 Å². The lowest BCUT2D eigenvalue weighted by molar-refractivity contribution is -0.120. The summed E-state index contributed by atoms with van der Waals surface area (Å²) in [7, 11) is 0. The zero-order valence-corrected chi connectivity index (χ0v) is 13.0. The molecule has 4 heteroatoms. The smallest absolute Gasteiger partial charge is 0.234 e. The van der Waals surface area contributed by atoms with Gasteiger partial charge in [-0.05, 0) is 56.7 Å². The van der Waals surface area contributed by atoms with Gasteiger partial charge in [0.1, 0.15) is 0 Å². The van der Waals surface area contributed by atoms with E-state index < -0.39 is 5.41 Å². The van der Waals surface area contributed by atoms with Crippen LogP contribution in [-0.2, 0) is 10.2 Å². The van der Waals surface area contributed by atoms with E-state index in [0.717, 1.165) is 5.56 Å². The Labute approximate surface area is 130 Å². The summed E-state index contributed by atoms with van der Waals surface area (Å²) in [6.45, 7) is 5.17. The summed E-state index contributed by atoms with van der Waals surface area (Å²) in [5, 5.41) is 2.87. The lowest BCUT2D eigenvalue weighted by Gasteiger charge is -2.25. The fourth-order valence-corrected chi connectivity index (χ4v) is 2.26. The Balaban J connectivity index is 2.21. The molecule has 0 saturated carbocycles. The summed E-state index contributed by atoms with van der Waals surface area (Å²) >= 11 is 0. The summed E-state index contributed by atoms with van der Waals surface area (Å²) in [5.74, 6) is -0.156. The Hall–Kier alpha value is -2.62. The van der Waals surface area contributed by atoms with Crippen LogP contribution in [0.25, 0.3) is 0 Å². The van der Waals surface area contributed by atoms with E-state index in [9.17, 15) is 9.59 Å². The van der Waals surface area contributed by atoms with Crippen LogP contribution in [0.1, 0.15) is 36.7 Å². The fraction of sp³-hybridized carbons (Fsp3) is 0.222. The number of amides is 1. The minimum Gasteiger partial charge on any atom is -0.398 e. The zero-order chi connectivity index (χ0) is 16.3. The molecule has 0 aliphatic carbocycles. The highest BCUT2D eigenvalue weighted by atomic mass is 16.2. The van der Waals surface area contributed by atoms with E-state index >= 15 is 0 Å². The molecule has 0 aliphatic rings. The van der Waals surface area contributed by atoms with Gasteiger partial charge in [0.15, 0.2) is 5.78 Å². The number of rotatable bonds is 4. The number of Topliss-reactive ketones (excluding diaryl/α,β-unsaturated/α-hetero) is 1. The largest absolute Gasteiger partial charge is 0.398 e. The molecule has 0 heterocycles. The van der Waals surface area contributed by atoms with E-state index in [0.29, 0.717) is 16.9 Å². The lowest BCUT2D eigenvalue weighted by atomic mass is 9.82. The van der Waals surface area contributed by atoms with E-state index in [1.54, 1.807) is 30.3 Å². The van der Waals surface area contributed by atoms with E-state index in [1.165, 1.54) is 6.92 Å². The number of carbonyl (C=O) groups excluding carboxylic acids is 2. The van der Waals surface area contributed by atoms with Crippen molar-refractivity contribution in [2.75, 3.05) is 11.1 Å². The highest BCUT2D eigenvalue weighted by Crippen LogP contribution is 2.29. The van der Waals surface area contributed by atoms with Crippen LogP contribution in [-0.4, -0.2) is 11.7 Å². The molecule has 2 rings (SSSR count). The summed E-state index contributed by atoms with van der Waals surface area (Å²) < 4.78 is 0. The Morgan fingerprint density at radius 3 is 2.14 bits per heavy atom. The van der Waals surface area contributed by atoms with Gasteiger partial charge in [-0.25, -0.2) is 0 Å². The first-order valence-electron chi connectivity index (χ1n) is 7.10. The van der Waals surface area contributed by atoms with Crippen LogP contribution in [0, 0.1) is 0 Å². The zero-order valence-electron chi connectivity index (χ0n) is 13.0. The van der Waals surface area contributed by atoms with E-state index in [1.807, 2.05) is 32.0 Å². The molecule has 2 aromatic carbocycles. The molecular weight excluding hydrogens is 276 g/mol. The van der Waals surface area contributed by atoms with Crippen LogP contribution in [0.4, 0.5) is 11.4 Å². The Morgan fingerprint density at radius 1 is 1.00 bits per heavy atom. The molecule has 4 nitrogen and oxygen atoms in total. The van der Waals surface area contributed by atoms with Gasteiger partial charge < -0.3 is 11.1 Å². The second-order valence-electron chi connectivity index (χ2n) is 5.80. The number of anilines is 2. The Bertz CT molecular complexity index is 703. The average Bonchev–Trinajstić information content (AvgIpc) is 2.48. The van der Waals surface area contributed by atoms with Crippen molar-refractivity contribution in [3.8, 4) is 0 Å². The summed E-state index contributed by atoms with van der Waals surface area (Å²) in [6, 6.07) is 14.2. The first kappa shape index (κ1) is 15.8. The van der Waals surface area contributed by atoms with Gasteiger partial charge in [0.2, 0.25) is 5.91 Å². The van der Waals surface area contributed by atoms with Gasteiger partial charge in [-0.15, -0.1) is 0 Å². The van der Waals surface area contributed by atoms with Gasteiger partial charge in [-0.3, -0.25) is 9.59 Å². The lowest BCUT2D eigenvalue weighted by Crippen LogP contribution is -2.35. The van der Waals surface area contributed by atoms with Gasteiger partial charge >= 0.3 is 0 Å². The van der Waals surface area contributed by atoms with Crippen LogP contribution < -0.4 is 11.1 Å². The van der Waals surface area contributed by atoms with Gasteiger partial charge in [0.05, 0.1) is 5.41 Å². The second kappa shape index (κ2) is 6.02. The molecule has 22 heavy (non-hydrogen) atoms. The number of ketones is 1. The molecule has 0 spiro atoms. The molecule has 2 aromatic rings. The number of benzene rings is 2. The van der Waals surface area contributed by atoms with E-state index in [2.05, 4.69) is 5.32 Å². The quantitative estimate of drug-likeness (QED) is 0.671. The first-order chi connectivity index (χ1) is 10.3. The monoisotopic (exact) mass is 296 g/mol. The molecule has 0 aliphatic heterocycles. The Kier molecular flexibility index (Phi) is 4.31. The molecule has 0 bridgehead atoms. The van der Waals surface area contributed by atoms with Gasteiger partial charge in [-0.2, -0.15) is 0 Å². The van der Waals surface area contributed by atoms with E-state index in [4.69, 9.17) is 5.73 Å². The minimum atomic E-state index is -0.759. The van der Waals surface area contributed by atoms with Crippen molar-refractivity contribution in [3.05, 3.63) is 59.7 Å². The van der Waals surface area contributed by atoms with Crippen molar-refractivity contribution in [2.24, 2.45) is 0 Å². The summed E-state index contributed by atoms with van der Waals surface area (Å²) in [4.78, 5) is 23.8. The second-order valence-corrected chi connectivity index (χ2v) is 5.80. The number of nitrogens with two attached hydrogens (primary N) is 1. The maximum Gasteiger partial charge on any atom is 0.234 e. The minimum absolute atomic E-state index is 0.00438. The highest BCUT2D eigenvalue weighted by Gasteiger charge is 2.31. The van der Waals surface area contributed by atoms with Crippen LogP contribution in [0.2, 0.25) is 0 Å². The molecule has 0 unspecified atom stereocenters. The molecule has 0 saturated heterocycles. The molecule has 114 valence electrons. The van der Waals surface area contributed by atoms with E-state index in [-0.39, 0.29) is 11.7 Å². The van der Waals surface area contributed by atoms with Crippen molar-refractivity contribution in [1.29, 1.82) is 0 Å². The third kappa shape index (κ3) is 3.17. The molecule has 0 radical (unpaired) electrons. The van der Waals surface area contributed by atoms with Crippen LogP contribution >= 0.6 is 0 Å². The van der Waals surface area contributed by atoms with Crippen LogP contribution in [0.5, 0.6) is 0 Å².